The summed E-state index contributed by atoms with van der Waals surface area (Å²) in [6, 6.07) is 5.33. The Kier molecular flexibility index (Phi) is 2.85. The normalized spacial score (nSPS) is 10.9. The van der Waals surface area contributed by atoms with E-state index in [-0.39, 0.29) is 11.1 Å². The molecule has 0 saturated heterocycles. The zero-order valence-corrected chi connectivity index (χ0v) is 10.4. The third-order valence-corrected chi connectivity index (χ3v) is 3.02. The monoisotopic (exact) mass is 286 g/mol. The van der Waals surface area contributed by atoms with Gasteiger partial charge in [0.15, 0.2) is 5.76 Å². The number of aryl methyl sites for hydroxylation is 1. The van der Waals surface area contributed by atoms with Crippen molar-refractivity contribution < 1.29 is 9.21 Å². The number of carbonyl (C=O) groups excluding carboxylic acids is 1. The predicted octanol–water partition coefficient (Wildman–Crippen LogP) is 3.97. The number of ketones is 1. The minimum Gasteiger partial charge on any atom is -0.453 e. The lowest BCUT2D eigenvalue weighted by atomic mass is 10.1. The lowest BCUT2D eigenvalue weighted by Crippen LogP contribution is -1.99. The Balaban J connectivity index is 2.69. The first-order valence-corrected chi connectivity index (χ1v) is 5.91. The number of hydrogen-bond donors (Lipinski definition) is 0. The molecule has 1 aromatic heterocycles. The fourth-order valence-corrected chi connectivity index (χ4v) is 1.95. The first-order chi connectivity index (χ1) is 7.13. The number of furan rings is 1. The molecular weight excluding hydrogens is 279 g/mol. The second-order valence-corrected chi connectivity index (χ2v) is 4.25. The molecule has 0 unspecified atom stereocenters. The van der Waals surface area contributed by atoms with Crippen LogP contribution in [-0.2, 0) is 0 Å². The molecule has 4 heteroatoms. The summed E-state index contributed by atoms with van der Waals surface area (Å²) in [5, 5.41) is 1.80. The van der Waals surface area contributed by atoms with Gasteiger partial charge in [-0.2, -0.15) is 0 Å². The van der Waals surface area contributed by atoms with Crippen LogP contribution in [-0.4, -0.2) is 11.1 Å². The maximum absolute atomic E-state index is 11.5. The quantitative estimate of drug-likeness (QED) is 0.618. The third-order valence-electron chi connectivity index (χ3n) is 2.27. The summed E-state index contributed by atoms with van der Waals surface area (Å²) in [6.45, 7) is 1.86. The average molecular weight is 288 g/mol. The average Bonchev–Trinajstić information content (AvgIpc) is 2.55. The molecule has 0 radical (unpaired) electrons. The zero-order chi connectivity index (χ0) is 11.0. The summed E-state index contributed by atoms with van der Waals surface area (Å²) in [4.78, 5) is 11.5. The molecule has 1 heterocycles. The number of alkyl halides is 1. The fraction of sp³-hybridized carbons (Fsp3) is 0.182. The van der Waals surface area contributed by atoms with Crippen LogP contribution >= 0.6 is 27.5 Å². The molecule has 1 aromatic carbocycles. The van der Waals surface area contributed by atoms with Crippen molar-refractivity contribution in [3.8, 4) is 0 Å². The SMILES string of the molecule is Cc1c(C(=O)CBr)oc2ccc(Cl)cc12. The van der Waals surface area contributed by atoms with Crippen LogP contribution in [0, 0.1) is 6.92 Å². The lowest BCUT2D eigenvalue weighted by Gasteiger charge is -1.91. The molecule has 2 nitrogen and oxygen atoms in total. The first kappa shape index (κ1) is 10.7. The highest BCUT2D eigenvalue weighted by molar-refractivity contribution is 9.09. The van der Waals surface area contributed by atoms with Crippen LogP contribution in [0.15, 0.2) is 22.6 Å². The van der Waals surface area contributed by atoms with Crippen molar-refractivity contribution in [1.29, 1.82) is 0 Å². The maximum atomic E-state index is 11.5. The summed E-state index contributed by atoms with van der Waals surface area (Å²) in [5.41, 5.74) is 1.54. The summed E-state index contributed by atoms with van der Waals surface area (Å²) in [6.07, 6.45) is 0. The number of rotatable bonds is 2. The maximum Gasteiger partial charge on any atom is 0.208 e. The molecule has 0 aliphatic carbocycles. The largest absolute Gasteiger partial charge is 0.453 e. The van der Waals surface area contributed by atoms with Gasteiger partial charge in [-0.25, -0.2) is 0 Å². The van der Waals surface area contributed by atoms with Crippen molar-refractivity contribution in [2.45, 2.75) is 6.92 Å². The van der Waals surface area contributed by atoms with Crippen LogP contribution in [0.5, 0.6) is 0 Å². The van der Waals surface area contributed by atoms with Gasteiger partial charge >= 0.3 is 0 Å². The molecule has 0 atom stereocenters. The van der Waals surface area contributed by atoms with E-state index < -0.39 is 0 Å². The summed E-state index contributed by atoms with van der Waals surface area (Å²) in [5.74, 6) is 0.351. The van der Waals surface area contributed by atoms with Gasteiger partial charge in [0.2, 0.25) is 5.78 Å². The van der Waals surface area contributed by atoms with Gasteiger partial charge in [0.1, 0.15) is 5.58 Å². The summed E-state index contributed by atoms with van der Waals surface area (Å²) in [7, 11) is 0. The van der Waals surface area contributed by atoms with Crippen LogP contribution < -0.4 is 0 Å². The highest BCUT2D eigenvalue weighted by atomic mass is 79.9. The number of halogens is 2. The highest BCUT2D eigenvalue weighted by Crippen LogP contribution is 2.28. The zero-order valence-electron chi connectivity index (χ0n) is 8.01. The standard InChI is InChI=1S/C11H8BrClO2/c1-6-8-4-7(13)2-3-10(8)15-11(6)9(14)5-12/h2-4H,5H2,1H3. The van der Waals surface area contributed by atoms with Crippen molar-refractivity contribution in [2.75, 3.05) is 5.33 Å². The van der Waals surface area contributed by atoms with Gasteiger partial charge in [-0.15, -0.1) is 0 Å². The van der Waals surface area contributed by atoms with Gasteiger partial charge in [0.05, 0.1) is 5.33 Å². The summed E-state index contributed by atoms with van der Waals surface area (Å²) < 4.78 is 5.47. The van der Waals surface area contributed by atoms with Gasteiger partial charge in [0.25, 0.3) is 0 Å². The minimum atomic E-state index is -0.0557. The molecule has 0 fully saturated rings. The van der Waals surface area contributed by atoms with Gasteiger partial charge in [-0.3, -0.25) is 4.79 Å². The van der Waals surface area contributed by atoms with E-state index in [1.54, 1.807) is 18.2 Å². The number of fused-ring (bicyclic) bond motifs is 1. The van der Waals surface area contributed by atoms with Gasteiger partial charge in [-0.1, -0.05) is 27.5 Å². The molecule has 2 aromatic rings. The first-order valence-electron chi connectivity index (χ1n) is 4.41. The molecular formula is C11H8BrClO2. The number of hydrogen-bond acceptors (Lipinski definition) is 2. The van der Waals surface area contributed by atoms with Crippen LogP contribution in [0.1, 0.15) is 16.1 Å². The van der Waals surface area contributed by atoms with Crippen molar-refractivity contribution in [1.82, 2.24) is 0 Å². The Morgan fingerprint density at radius 3 is 2.93 bits per heavy atom. The molecule has 0 aliphatic heterocycles. The predicted molar refractivity (Wildman–Crippen MR) is 64.1 cm³/mol. The lowest BCUT2D eigenvalue weighted by molar-refractivity contribution is 0.0994. The van der Waals surface area contributed by atoms with E-state index >= 15 is 0 Å². The third kappa shape index (κ3) is 1.82. The fourth-order valence-electron chi connectivity index (χ4n) is 1.52. The van der Waals surface area contributed by atoms with Gasteiger partial charge in [-0.05, 0) is 25.1 Å². The topological polar surface area (TPSA) is 30.2 Å². The number of Topliss-reactive ketones (excluding diaryl/α,β-unsaturated/α-hetero) is 1. The van der Waals surface area contributed by atoms with Crippen LogP contribution in [0.3, 0.4) is 0 Å². The second kappa shape index (κ2) is 3.99. The van der Waals surface area contributed by atoms with Crippen LogP contribution in [0.2, 0.25) is 5.02 Å². The molecule has 0 saturated carbocycles. The highest BCUT2D eigenvalue weighted by Gasteiger charge is 2.16. The molecule has 0 amide bonds. The van der Waals surface area contributed by atoms with Crippen molar-refractivity contribution >= 4 is 44.3 Å². The smallest absolute Gasteiger partial charge is 0.208 e. The van der Waals surface area contributed by atoms with E-state index in [1.807, 2.05) is 6.92 Å². The number of benzene rings is 1. The van der Waals surface area contributed by atoms with Crippen molar-refractivity contribution in [3.05, 3.63) is 34.5 Å². The van der Waals surface area contributed by atoms with Gasteiger partial charge < -0.3 is 4.42 Å². The molecule has 0 aliphatic rings. The Hall–Kier alpha value is -0.800. The molecule has 0 bridgehead atoms. The second-order valence-electron chi connectivity index (χ2n) is 3.25. The van der Waals surface area contributed by atoms with Crippen molar-refractivity contribution in [3.63, 3.8) is 0 Å². The Bertz CT molecular complexity index is 531. The van der Waals surface area contributed by atoms with E-state index in [0.717, 1.165) is 10.9 Å². The van der Waals surface area contributed by atoms with E-state index in [4.69, 9.17) is 16.0 Å². The minimum absolute atomic E-state index is 0.0557. The Morgan fingerprint density at radius 1 is 1.53 bits per heavy atom. The molecule has 78 valence electrons. The summed E-state index contributed by atoms with van der Waals surface area (Å²) >= 11 is 9.00. The molecule has 15 heavy (non-hydrogen) atoms. The molecule has 2 rings (SSSR count). The Morgan fingerprint density at radius 2 is 2.27 bits per heavy atom. The van der Waals surface area contributed by atoms with Crippen LogP contribution in [0.25, 0.3) is 11.0 Å². The van der Waals surface area contributed by atoms with Gasteiger partial charge in [0, 0.05) is 16.0 Å². The van der Waals surface area contributed by atoms with Crippen LogP contribution in [0.4, 0.5) is 0 Å². The van der Waals surface area contributed by atoms with E-state index in [2.05, 4.69) is 15.9 Å². The Labute approximate surface area is 100 Å². The van der Waals surface area contributed by atoms with E-state index in [0.29, 0.717) is 16.4 Å². The van der Waals surface area contributed by atoms with E-state index in [9.17, 15) is 4.79 Å². The van der Waals surface area contributed by atoms with E-state index in [1.165, 1.54) is 0 Å². The molecule has 0 N–H and O–H groups in total. The number of carbonyl (C=O) groups is 1. The van der Waals surface area contributed by atoms with Crippen molar-refractivity contribution in [2.24, 2.45) is 0 Å². The molecule has 0 spiro atoms.